The number of hydrogen-bond donors (Lipinski definition) is 4. The van der Waals surface area contributed by atoms with Gasteiger partial charge in [-0.05, 0) is 80.5 Å². The van der Waals surface area contributed by atoms with Gasteiger partial charge in [-0.25, -0.2) is 4.98 Å². The lowest BCUT2D eigenvalue weighted by Gasteiger charge is -2.35. The molecule has 4 amide bonds. The summed E-state index contributed by atoms with van der Waals surface area (Å²) in [5.41, 5.74) is 8.30. The van der Waals surface area contributed by atoms with Crippen LogP contribution >= 0.6 is 34.3 Å². The van der Waals surface area contributed by atoms with Crippen LogP contribution in [0.15, 0.2) is 83.3 Å². The van der Waals surface area contributed by atoms with Crippen LogP contribution < -0.4 is 20.7 Å². The Kier molecular flexibility index (Phi) is 17.4. The van der Waals surface area contributed by atoms with Crippen LogP contribution in [0.5, 0.6) is 5.75 Å². The van der Waals surface area contributed by atoms with Gasteiger partial charge in [0.2, 0.25) is 23.6 Å². The van der Waals surface area contributed by atoms with Crippen molar-refractivity contribution in [3.8, 4) is 21.2 Å². The molecule has 3 aromatic heterocycles. The molecule has 0 radical (unpaired) electrons. The number of halogens is 1. The number of anilines is 1. The van der Waals surface area contributed by atoms with Crippen LogP contribution in [0.1, 0.15) is 90.5 Å². The zero-order valence-electron chi connectivity index (χ0n) is 42.6. The van der Waals surface area contributed by atoms with Crippen LogP contribution in [0.3, 0.4) is 0 Å². The van der Waals surface area contributed by atoms with Gasteiger partial charge in [0.1, 0.15) is 47.9 Å². The first-order chi connectivity index (χ1) is 35.4. The lowest BCUT2D eigenvalue weighted by Crippen LogP contribution is -2.58. The molecule has 0 unspecified atom stereocenters. The number of thiazole rings is 1. The van der Waals surface area contributed by atoms with Gasteiger partial charge in [-0.3, -0.25) is 28.7 Å². The highest BCUT2D eigenvalue weighted by molar-refractivity contribution is 7.15. The maximum atomic E-state index is 14.0. The zero-order chi connectivity index (χ0) is 52.7. The molecule has 3 aromatic carbocycles. The number of carbonyl (C=O) groups excluding carboxylic acids is 4. The van der Waals surface area contributed by atoms with E-state index in [2.05, 4.69) is 45.0 Å². The van der Waals surface area contributed by atoms with E-state index in [1.165, 1.54) is 4.90 Å². The van der Waals surface area contributed by atoms with Gasteiger partial charge < -0.3 is 40.2 Å². The fourth-order valence-electron chi connectivity index (χ4n) is 8.92. The normalized spacial score (nSPS) is 16.7. The van der Waals surface area contributed by atoms with E-state index in [-0.39, 0.29) is 64.2 Å². The molecule has 1 fully saturated rings. The van der Waals surface area contributed by atoms with Crippen molar-refractivity contribution in [2.75, 3.05) is 44.9 Å². The van der Waals surface area contributed by atoms with Crippen molar-refractivity contribution in [2.24, 2.45) is 10.4 Å². The zero-order valence-corrected chi connectivity index (χ0v) is 45.0. The first kappa shape index (κ1) is 53.9. The number of aliphatic imine (C=N–C) groups is 1. The summed E-state index contributed by atoms with van der Waals surface area (Å²) in [6.07, 6.45) is -0.269. The number of ether oxygens (including phenoxy) is 3. The number of nitrogens with one attached hydrogen (secondary N) is 3. The fraction of sp³-hybridized carbons (Fsp3) is 0.407. The Morgan fingerprint density at radius 3 is 2.38 bits per heavy atom. The number of likely N-dealkylation sites (tertiary alicyclic amines) is 1. The molecule has 17 nitrogen and oxygen atoms in total. The monoisotopic (exact) mass is 1060 g/mol. The van der Waals surface area contributed by atoms with E-state index in [0.29, 0.717) is 41.1 Å². The molecule has 4 atom stereocenters. The van der Waals surface area contributed by atoms with Gasteiger partial charge in [0.15, 0.2) is 5.82 Å². The van der Waals surface area contributed by atoms with E-state index in [1.54, 1.807) is 46.9 Å². The van der Waals surface area contributed by atoms with E-state index in [1.807, 2.05) is 93.2 Å². The second-order valence-electron chi connectivity index (χ2n) is 19.5. The summed E-state index contributed by atoms with van der Waals surface area (Å²) in [5.74, 6) is 0.292. The van der Waals surface area contributed by atoms with Crippen molar-refractivity contribution in [3.05, 3.63) is 128 Å². The van der Waals surface area contributed by atoms with Crippen molar-refractivity contribution in [3.63, 3.8) is 0 Å². The highest BCUT2D eigenvalue weighted by Gasteiger charge is 2.44. The van der Waals surface area contributed by atoms with Crippen LogP contribution in [0.2, 0.25) is 5.02 Å². The third-order valence-electron chi connectivity index (χ3n) is 12.9. The summed E-state index contributed by atoms with van der Waals surface area (Å²) in [7, 11) is 0. The molecule has 5 heterocycles. The Balaban J connectivity index is 0.752. The van der Waals surface area contributed by atoms with Crippen LogP contribution in [0.4, 0.5) is 5.69 Å². The number of thiophene rings is 1. The van der Waals surface area contributed by atoms with E-state index in [0.717, 1.165) is 54.0 Å². The number of aryl methyl sites for hydroxylation is 3. The number of amides is 4. The predicted octanol–water partition coefficient (Wildman–Crippen LogP) is 7.87. The van der Waals surface area contributed by atoms with Crippen molar-refractivity contribution < 1.29 is 38.5 Å². The topological polar surface area (TPSA) is 211 Å². The predicted molar refractivity (Wildman–Crippen MR) is 286 cm³/mol. The van der Waals surface area contributed by atoms with E-state index in [9.17, 15) is 24.3 Å². The quantitative estimate of drug-likeness (QED) is 0.0541. The van der Waals surface area contributed by atoms with E-state index < -0.39 is 41.5 Å². The molecular weight excluding hydrogens is 1000 g/mol. The van der Waals surface area contributed by atoms with Crippen molar-refractivity contribution >= 4 is 69.3 Å². The van der Waals surface area contributed by atoms with Crippen molar-refractivity contribution in [1.82, 2.24) is 35.3 Å². The summed E-state index contributed by atoms with van der Waals surface area (Å²) in [5, 5.41) is 29.8. The molecule has 20 heteroatoms. The van der Waals surface area contributed by atoms with Crippen LogP contribution in [0, 0.1) is 33.1 Å². The number of rotatable bonds is 20. The summed E-state index contributed by atoms with van der Waals surface area (Å²) >= 11 is 9.48. The number of aliphatic hydroxyl groups excluding tert-OH is 1. The molecule has 4 N–H and O–H groups in total. The van der Waals surface area contributed by atoms with Crippen LogP contribution in [0.25, 0.3) is 15.4 Å². The minimum absolute atomic E-state index is 0.0199. The number of aromatic nitrogens is 4. The minimum atomic E-state index is -0.976. The fourth-order valence-corrected chi connectivity index (χ4v) is 11.1. The van der Waals surface area contributed by atoms with Gasteiger partial charge in [-0.1, -0.05) is 74.8 Å². The summed E-state index contributed by atoms with van der Waals surface area (Å²) in [4.78, 5) is 67.4. The van der Waals surface area contributed by atoms with Crippen LogP contribution in [-0.2, 0) is 35.2 Å². The smallest absolute Gasteiger partial charge is 0.246 e. The Morgan fingerprint density at radius 1 is 0.905 bits per heavy atom. The largest absolute Gasteiger partial charge is 0.491 e. The number of carbonyl (C=O) groups is 4. The first-order valence-corrected chi connectivity index (χ1v) is 26.6. The second kappa shape index (κ2) is 23.9. The van der Waals surface area contributed by atoms with E-state index >= 15 is 0 Å². The molecule has 0 saturated carbocycles. The molecule has 1 saturated heterocycles. The average molecular weight is 1060 g/mol. The Morgan fingerprint density at radius 2 is 1.65 bits per heavy atom. The van der Waals surface area contributed by atoms with E-state index in [4.69, 9.17) is 30.8 Å². The molecule has 390 valence electrons. The van der Waals surface area contributed by atoms with Crippen molar-refractivity contribution in [1.29, 1.82) is 0 Å². The lowest BCUT2D eigenvalue weighted by molar-refractivity contribution is -0.144. The number of β-amino-alcohol motifs (C(OH)–C–C–N with tert-alkyl or cyclic N) is 1. The third kappa shape index (κ3) is 12.9. The number of aliphatic hydroxyl groups is 1. The van der Waals surface area contributed by atoms with Crippen LogP contribution in [-0.4, -0.2) is 117 Å². The van der Waals surface area contributed by atoms with Gasteiger partial charge in [-0.15, -0.1) is 32.9 Å². The molecule has 0 spiro atoms. The maximum absolute atomic E-state index is 14.0. The average Bonchev–Trinajstić information content (AvgIpc) is 4.14. The van der Waals surface area contributed by atoms with Crippen molar-refractivity contribution in [2.45, 2.75) is 98.5 Å². The summed E-state index contributed by atoms with van der Waals surface area (Å²) in [6, 6.07) is 20.1. The molecule has 8 rings (SSSR count). The Labute approximate surface area is 443 Å². The standard InChI is InChI=1S/C54H62ClN9O8S2/c1-31-33(3)74-53-46(31)47(36-16-18-38(55)19-17-36)59-42(50-62-61-34(4)64(50)53)26-44(66)58-39-10-8-11-41(24-39)72-23-22-70-20-9-21-71-29-45(67)60-49(54(5,6)7)52(69)63-28-40(65)25-43(63)51(68)56-27-35-12-14-37(15-13-35)48-32(2)57-30-73-48/h8,10-19,24,30,40,42-43,49,65H,9,20-23,25-29H2,1-7H3,(H,56,68)(H,58,66)(H,60,67)/t40-,42+,43+,49-/m1/s1. The molecule has 0 bridgehead atoms. The third-order valence-corrected chi connectivity index (χ3v) is 15.3. The lowest BCUT2D eigenvalue weighted by atomic mass is 9.85. The first-order valence-electron chi connectivity index (χ1n) is 24.5. The Hall–Kier alpha value is -6.35. The van der Waals surface area contributed by atoms with Gasteiger partial charge in [0.25, 0.3) is 0 Å². The Bertz CT molecular complexity index is 3000. The number of hydrogen-bond acceptors (Lipinski definition) is 14. The maximum Gasteiger partial charge on any atom is 0.246 e. The number of nitrogens with zero attached hydrogens (tertiary/aromatic N) is 6. The molecular formula is C54H62ClN9O8S2. The van der Waals surface area contributed by atoms with Gasteiger partial charge in [-0.2, -0.15) is 0 Å². The second-order valence-corrected chi connectivity index (χ2v) is 22.0. The minimum Gasteiger partial charge on any atom is -0.491 e. The number of fused-ring (bicyclic) bond motifs is 3. The van der Waals surface area contributed by atoms with Gasteiger partial charge in [0, 0.05) is 65.5 Å². The molecule has 2 aliphatic heterocycles. The van der Waals surface area contributed by atoms with Gasteiger partial charge in [0.05, 0.1) is 40.9 Å². The van der Waals surface area contributed by atoms with Gasteiger partial charge >= 0.3 is 0 Å². The molecule has 74 heavy (non-hydrogen) atoms. The molecule has 2 aliphatic rings. The number of benzene rings is 3. The highest BCUT2D eigenvalue weighted by atomic mass is 35.5. The summed E-state index contributed by atoms with van der Waals surface area (Å²) in [6.45, 7) is 14.6. The summed E-state index contributed by atoms with van der Waals surface area (Å²) < 4.78 is 19.3. The molecule has 6 aromatic rings. The molecule has 0 aliphatic carbocycles. The SMILES string of the molecule is Cc1ncsc1-c1ccc(CNC(=O)[C@@H]2C[C@@H](O)CN2C(=O)[C@@H](NC(=O)COCCCOCCOc2cccc(NC(=O)C[C@@H]3N=C(c4ccc(Cl)cc4)c4c(sc(C)c4C)-n4c(C)nnc43)c2)C(C)(C)C)cc1. The highest BCUT2D eigenvalue weighted by Crippen LogP contribution is 2.40.